The van der Waals surface area contributed by atoms with Crippen LogP contribution < -0.4 is 5.73 Å². The molecule has 0 aliphatic rings. The van der Waals surface area contributed by atoms with Crippen LogP contribution in [0.4, 0.5) is 0 Å². The lowest BCUT2D eigenvalue weighted by Gasteiger charge is -2.16. The quantitative estimate of drug-likeness (QED) is 0.803. The van der Waals surface area contributed by atoms with E-state index in [-0.39, 0.29) is 11.8 Å². The fourth-order valence-electron chi connectivity index (χ4n) is 1.86. The molecule has 0 atom stereocenters. The first kappa shape index (κ1) is 14.3. The summed E-state index contributed by atoms with van der Waals surface area (Å²) in [7, 11) is 0. The summed E-state index contributed by atoms with van der Waals surface area (Å²) in [4.78, 5) is 10.8. The minimum atomic E-state index is -0.472. The highest BCUT2D eigenvalue weighted by Gasteiger charge is 2.14. The molecule has 18 heavy (non-hydrogen) atoms. The van der Waals surface area contributed by atoms with Gasteiger partial charge in [-0.05, 0) is 46.7 Å². The molecule has 0 bridgehead atoms. The van der Waals surface area contributed by atoms with Crippen molar-refractivity contribution in [2.45, 2.75) is 39.5 Å². The summed E-state index contributed by atoms with van der Waals surface area (Å²) in [5.41, 5.74) is 7.77. The Labute approximate surface area is 108 Å². The first-order chi connectivity index (χ1) is 8.32. The van der Waals surface area contributed by atoms with Gasteiger partial charge in [0.25, 0.3) is 0 Å². The number of hydrogen-bond donors (Lipinski definition) is 2. The minimum Gasteiger partial charge on any atom is -0.507 e. The Kier molecular flexibility index (Phi) is 4.54. The van der Waals surface area contributed by atoms with Crippen LogP contribution >= 0.6 is 0 Å². The standard InChI is InChI=1S/C15H21NO2/c1-9(2)12-7-11(5-6-14(16)17)8-13(10(3)4)15(12)18/h5-10,18H,1-4H3,(H2,16,17). The van der Waals surface area contributed by atoms with Crippen LogP contribution in [0.5, 0.6) is 5.75 Å². The van der Waals surface area contributed by atoms with Crippen molar-refractivity contribution in [2.75, 3.05) is 0 Å². The van der Waals surface area contributed by atoms with Gasteiger partial charge in [0, 0.05) is 6.08 Å². The van der Waals surface area contributed by atoms with Gasteiger partial charge in [0.05, 0.1) is 0 Å². The molecule has 3 nitrogen and oxygen atoms in total. The van der Waals surface area contributed by atoms with Gasteiger partial charge in [-0.1, -0.05) is 27.7 Å². The van der Waals surface area contributed by atoms with Gasteiger partial charge in [-0.3, -0.25) is 4.79 Å². The molecule has 1 aromatic carbocycles. The van der Waals surface area contributed by atoms with Crippen molar-refractivity contribution >= 4 is 12.0 Å². The number of carbonyl (C=O) groups excluding carboxylic acids is 1. The molecule has 1 amide bonds. The molecule has 0 saturated heterocycles. The van der Waals surface area contributed by atoms with Crippen molar-refractivity contribution in [3.05, 3.63) is 34.9 Å². The van der Waals surface area contributed by atoms with Gasteiger partial charge in [0.15, 0.2) is 0 Å². The number of carbonyl (C=O) groups is 1. The number of aromatic hydroxyl groups is 1. The monoisotopic (exact) mass is 247 g/mol. The molecule has 0 aliphatic heterocycles. The molecule has 0 fully saturated rings. The Morgan fingerprint density at radius 2 is 1.61 bits per heavy atom. The topological polar surface area (TPSA) is 63.3 Å². The van der Waals surface area contributed by atoms with E-state index in [4.69, 9.17) is 5.73 Å². The minimum absolute atomic E-state index is 0.226. The largest absolute Gasteiger partial charge is 0.507 e. The Hall–Kier alpha value is -1.77. The van der Waals surface area contributed by atoms with Crippen LogP contribution in [-0.2, 0) is 4.79 Å². The number of rotatable bonds is 4. The van der Waals surface area contributed by atoms with E-state index < -0.39 is 5.91 Å². The number of primary amides is 1. The van der Waals surface area contributed by atoms with Crippen LogP contribution in [0, 0.1) is 0 Å². The molecule has 0 radical (unpaired) electrons. The van der Waals surface area contributed by atoms with Crippen LogP contribution in [0.2, 0.25) is 0 Å². The number of phenols is 1. The maximum Gasteiger partial charge on any atom is 0.241 e. The van der Waals surface area contributed by atoms with Gasteiger partial charge in [-0.15, -0.1) is 0 Å². The van der Waals surface area contributed by atoms with Crippen molar-refractivity contribution in [1.82, 2.24) is 0 Å². The zero-order chi connectivity index (χ0) is 13.9. The highest BCUT2D eigenvalue weighted by molar-refractivity contribution is 5.90. The van der Waals surface area contributed by atoms with Gasteiger partial charge >= 0.3 is 0 Å². The molecule has 1 aromatic rings. The smallest absolute Gasteiger partial charge is 0.241 e. The van der Waals surface area contributed by atoms with E-state index in [9.17, 15) is 9.90 Å². The third kappa shape index (κ3) is 3.36. The maximum absolute atomic E-state index is 10.8. The SMILES string of the molecule is CC(C)c1cc(C=CC(N)=O)cc(C(C)C)c1O. The van der Waals surface area contributed by atoms with E-state index in [0.717, 1.165) is 16.7 Å². The molecule has 1 rings (SSSR count). The lowest BCUT2D eigenvalue weighted by Crippen LogP contribution is -2.05. The first-order valence-electron chi connectivity index (χ1n) is 6.17. The second-order valence-corrected chi connectivity index (χ2v) is 5.09. The lowest BCUT2D eigenvalue weighted by atomic mass is 9.91. The Bertz CT molecular complexity index is 444. The molecule has 0 heterocycles. The second-order valence-electron chi connectivity index (χ2n) is 5.09. The Morgan fingerprint density at radius 3 is 1.94 bits per heavy atom. The van der Waals surface area contributed by atoms with Crippen molar-refractivity contribution < 1.29 is 9.90 Å². The van der Waals surface area contributed by atoms with Gasteiger partial charge in [0.1, 0.15) is 5.75 Å². The molecule has 0 saturated carbocycles. The van der Waals surface area contributed by atoms with Gasteiger partial charge in [0.2, 0.25) is 5.91 Å². The maximum atomic E-state index is 10.8. The Morgan fingerprint density at radius 1 is 1.17 bits per heavy atom. The molecule has 98 valence electrons. The fourth-order valence-corrected chi connectivity index (χ4v) is 1.86. The van der Waals surface area contributed by atoms with Gasteiger partial charge in [-0.2, -0.15) is 0 Å². The average molecular weight is 247 g/mol. The molecule has 0 aliphatic carbocycles. The van der Waals surface area contributed by atoms with E-state index in [2.05, 4.69) is 0 Å². The predicted molar refractivity (Wildman–Crippen MR) is 74.5 cm³/mol. The second kappa shape index (κ2) is 5.71. The molecular formula is C15H21NO2. The number of phenolic OH excluding ortho intramolecular Hbond substituents is 1. The molecule has 0 aromatic heterocycles. The predicted octanol–water partition coefficient (Wildman–Crippen LogP) is 3.14. The summed E-state index contributed by atoms with van der Waals surface area (Å²) in [5, 5.41) is 10.2. The van der Waals surface area contributed by atoms with E-state index in [1.165, 1.54) is 6.08 Å². The molecule has 0 spiro atoms. The fraction of sp³-hybridized carbons (Fsp3) is 0.400. The van der Waals surface area contributed by atoms with Crippen molar-refractivity contribution in [3.8, 4) is 5.75 Å². The summed E-state index contributed by atoms with van der Waals surface area (Å²) >= 11 is 0. The van der Waals surface area contributed by atoms with Crippen LogP contribution in [0.25, 0.3) is 6.08 Å². The van der Waals surface area contributed by atoms with Crippen LogP contribution in [0.3, 0.4) is 0 Å². The van der Waals surface area contributed by atoms with E-state index in [0.29, 0.717) is 5.75 Å². The lowest BCUT2D eigenvalue weighted by molar-refractivity contribution is -0.113. The van der Waals surface area contributed by atoms with E-state index in [1.54, 1.807) is 6.08 Å². The highest BCUT2D eigenvalue weighted by atomic mass is 16.3. The summed E-state index contributed by atoms with van der Waals surface area (Å²) in [6.07, 6.45) is 3.01. The van der Waals surface area contributed by atoms with Crippen molar-refractivity contribution in [2.24, 2.45) is 5.73 Å². The Balaban J connectivity index is 3.33. The number of amides is 1. The average Bonchev–Trinajstić information content (AvgIpc) is 2.26. The third-order valence-corrected chi connectivity index (χ3v) is 2.88. The van der Waals surface area contributed by atoms with Crippen molar-refractivity contribution in [3.63, 3.8) is 0 Å². The van der Waals surface area contributed by atoms with Crippen molar-refractivity contribution in [1.29, 1.82) is 0 Å². The molecule has 3 heteroatoms. The number of hydrogen-bond acceptors (Lipinski definition) is 2. The van der Waals surface area contributed by atoms with Crippen LogP contribution in [0.1, 0.15) is 56.2 Å². The zero-order valence-electron chi connectivity index (χ0n) is 11.4. The van der Waals surface area contributed by atoms with E-state index >= 15 is 0 Å². The summed E-state index contributed by atoms with van der Waals surface area (Å²) < 4.78 is 0. The highest BCUT2D eigenvalue weighted by Crippen LogP contribution is 2.35. The van der Waals surface area contributed by atoms with Gasteiger partial charge < -0.3 is 10.8 Å². The molecular weight excluding hydrogens is 226 g/mol. The third-order valence-electron chi connectivity index (χ3n) is 2.88. The summed E-state index contributed by atoms with van der Waals surface area (Å²) in [6, 6.07) is 3.79. The van der Waals surface area contributed by atoms with Crippen LogP contribution in [-0.4, -0.2) is 11.0 Å². The van der Waals surface area contributed by atoms with Crippen LogP contribution in [0.15, 0.2) is 18.2 Å². The molecule has 3 N–H and O–H groups in total. The summed E-state index contributed by atoms with van der Waals surface area (Å²) in [6.45, 7) is 8.11. The van der Waals surface area contributed by atoms with Gasteiger partial charge in [-0.25, -0.2) is 0 Å². The first-order valence-corrected chi connectivity index (χ1v) is 6.17. The molecule has 0 unspecified atom stereocenters. The van der Waals surface area contributed by atoms with E-state index in [1.807, 2.05) is 39.8 Å². The number of benzene rings is 1. The zero-order valence-corrected chi connectivity index (χ0v) is 11.4. The normalized spacial score (nSPS) is 11.7. The number of nitrogens with two attached hydrogens (primary N) is 1. The summed E-state index contributed by atoms with van der Waals surface area (Å²) in [5.74, 6) is 0.338.